The summed E-state index contributed by atoms with van der Waals surface area (Å²) in [7, 11) is -3.69. The van der Waals surface area contributed by atoms with E-state index in [0.29, 0.717) is 28.4 Å². The summed E-state index contributed by atoms with van der Waals surface area (Å²) in [6.45, 7) is 1.82. The number of primary sulfonamides is 1. The number of nitrogens with zero attached hydrogens (tertiary/aromatic N) is 3. The van der Waals surface area contributed by atoms with Gasteiger partial charge in [-0.2, -0.15) is 0 Å². The molecular formula is C14H13N5O2S. The maximum atomic E-state index is 11.2. The standard InChI is InChI=1S/C14H13N5O2S/c1-9-13(19-12-3-2-8-16-14(12)17-9)18-10-4-6-11(7-5-10)22(15,20)21/h2-8H,1H3,(H,18,19)(H2,15,20,21). The van der Waals surface area contributed by atoms with Crippen LogP contribution in [-0.2, 0) is 10.0 Å². The molecule has 0 unspecified atom stereocenters. The fourth-order valence-corrected chi connectivity index (χ4v) is 2.47. The molecule has 2 heterocycles. The molecule has 0 bridgehead atoms. The van der Waals surface area contributed by atoms with E-state index < -0.39 is 10.0 Å². The van der Waals surface area contributed by atoms with Gasteiger partial charge in [-0.15, -0.1) is 0 Å². The van der Waals surface area contributed by atoms with Crippen molar-refractivity contribution in [3.05, 3.63) is 48.3 Å². The summed E-state index contributed by atoms with van der Waals surface area (Å²) < 4.78 is 22.5. The number of rotatable bonds is 3. The van der Waals surface area contributed by atoms with Gasteiger partial charge in [0.05, 0.1) is 10.6 Å². The second-order valence-corrected chi connectivity index (χ2v) is 6.26. The number of fused-ring (bicyclic) bond motifs is 1. The van der Waals surface area contributed by atoms with Gasteiger partial charge in [0.1, 0.15) is 5.52 Å². The minimum Gasteiger partial charge on any atom is -0.339 e. The Morgan fingerprint density at radius 1 is 1.09 bits per heavy atom. The largest absolute Gasteiger partial charge is 0.339 e. The maximum Gasteiger partial charge on any atom is 0.238 e. The van der Waals surface area contributed by atoms with Crippen LogP contribution in [0.5, 0.6) is 0 Å². The number of sulfonamides is 1. The number of pyridine rings is 1. The average Bonchev–Trinajstić information content (AvgIpc) is 2.48. The van der Waals surface area contributed by atoms with Crippen LogP contribution in [0, 0.1) is 6.92 Å². The summed E-state index contributed by atoms with van der Waals surface area (Å²) in [5, 5.41) is 8.17. The first-order valence-corrected chi connectivity index (χ1v) is 7.97. The molecule has 0 atom stereocenters. The second-order valence-electron chi connectivity index (χ2n) is 4.70. The van der Waals surface area contributed by atoms with E-state index >= 15 is 0 Å². The Kier molecular flexibility index (Phi) is 3.47. The normalized spacial score (nSPS) is 11.5. The summed E-state index contributed by atoms with van der Waals surface area (Å²) in [4.78, 5) is 13.0. The van der Waals surface area contributed by atoms with Gasteiger partial charge in [-0.3, -0.25) is 0 Å². The van der Waals surface area contributed by atoms with Crippen LogP contribution in [0.25, 0.3) is 11.2 Å². The van der Waals surface area contributed by atoms with E-state index in [2.05, 4.69) is 20.3 Å². The first-order chi connectivity index (χ1) is 10.4. The fourth-order valence-electron chi connectivity index (χ4n) is 1.96. The molecule has 0 aliphatic heterocycles. The molecule has 8 heteroatoms. The molecule has 0 amide bonds. The maximum absolute atomic E-state index is 11.2. The van der Waals surface area contributed by atoms with Crippen molar-refractivity contribution in [3.8, 4) is 0 Å². The quantitative estimate of drug-likeness (QED) is 0.761. The van der Waals surface area contributed by atoms with Crippen LogP contribution in [0.15, 0.2) is 47.5 Å². The lowest BCUT2D eigenvalue weighted by atomic mass is 10.3. The van der Waals surface area contributed by atoms with Crippen molar-refractivity contribution < 1.29 is 8.42 Å². The van der Waals surface area contributed by atoms with Gasteiger partial charge < -0.3 is 5.32 Å². The molecule has 112 valence electrons. The molecule has 0 fully saturated rings. The lowest BCUT2D eigenvalue weighted by Crippen LogP contribution is -2.11. The van der Waals surface area contributed by atoms with E-state index in [0.717, 1.165) is 0 Å². The first-order valence-electron chi connectivity index (χ1n) is 6.43. The molecule has 7 nitrogen and oxygen atoms in total. The molecule has 3 rings (SSSR count). The van der Waals surface area contributed by atoms with Crippen molar-refractivity contribution >= 4 is 32.7 Å². The summed E-state index contributed by atoms with van der Waals surface area (Å²) in [5.74, 6) is 0.587. The zero-order valence-electron chi connectivity index (χ0n) is 11.7. The molecule has 0 radical (unpaired) electrons. The topological polar surface area (TPSA) is 111 Å². The van der Waals surface area contributed by atoms with Crippen LogP contribution in [0.3, 0.4) is 0 Å². The van der Waals surface area contributed by atoms with E-state index in [1.807, 2.05) is 13.0 Å². The van der Waals surface area contributed by atoms with Crippen LogP contribution in [0.2, 0.25) is 0 Å². The fraction of sp³-hybridized carbons (Fsp3) is 0.0714. The predicted molar refractivity (Wildman–Crippen MR) is 83.2 cm³/mol. The molecule has 0 spiro atoms. The van der Waals surface area contributed by atoms with Gasteiger partial charge in [0, 0.05) is 11.9 Å². The molecule has 0 saturated carbocycles. The van der Waals surface area contributed by atoms with Crippen molar-refractivity contribution in [1.29, 1.82) is 0 Å². The molecule has 0 aliphatic carbocycles. The summed E-state index contributed by atoms with van der Waals surface area (Å²) in [6.07, 6.45) is 1.66. The molecular weight excluding hydrogens is 302 g/mol. The van der Waals surface area contributed by atoms with Crippen molar-refractivity contribution in [2.45, 2.75) is 11.8 Å². The number of nitrogens with two attached hydrogens (primary N) is 1. The Hall–Kier alpha value is -2.58. The van der Waals surface area contributed by atoms with Gasteiger partial charge in [0.15, 0.2) is 11.5 Å². The lowest BCUT2D eigenvalue weighted by Gasteiger charge is -2.09. The van der Waals surface area contributed by atoms with Crippen molar-refractivity contribution in [2.24, 2.45) is 5.14 Å². The highest BCUT2D eigenvalue weighted by atomic mass is 32.2. The van der Waals surface area contributed by atoms with Crippen LogP contribution in [-0.4, -0.2) is 23.4 Å². The third-order valence-corrected chi connectivity index (χ3v) is 3.99. The number of hydrogen-bond acceptors (Lipinski definition) is 6. The van der Waals surface area contributed by atoms with Gasteiger partial charge in [-0.25, -0.2) is 28.5 Å². The van der Waals surface area contributed by atoms with E-state index in [4.69, 9.17) is 5.14 Å². The average molecular weight is 315 g/mol. The number of benzene rings is 1. The number of hydrogen-bond donors (Lipinski definition) is 2. The van der Waals surface area contributed by atoms with Crippen LogP contribution in [0.1, 0.15) is 5.69 Å². The van der Waals surface area contributed by atoms with E-state index in [9.17, 15) is 8.42 Å². The minimum atomic E-state index is -3.69. The van der Waals surface area contributed by atoms with Gasteiger partial charge in [0.2, 0.25) is 10.0 Å². The summed E-state index contributed by atoms with van der Waals surface area (Å²) in [5.41, 5.74) is 2.64. The van der Waals surface area contributed by atoms with Crippen molar-refractivity contribution in [2.75, 3.05) is 5.32 Å². The molecule has 3 N–H and O–H groups in total. The molecule has 0 saturated heterocycles. The highest BCUT2D eigenvalue weighted by molar-refractivity contribution is 7.89. The van der Waals surface area contributed by atoms with Gasteiger partial charge in [-0.1, -0.05) is 0 Å². The molecule has 3 aromatic rings. The Balaban J connectivity index is 1.94. The Bertz CT molecular complexity index is 939. The van der Waals surface area contributed by atoms with Crippen LogP contribution < -0.4 is 10.5 Å². The third-order valence-electron chi connectivity index (χ3n) is 3.06. The minimum absolute atomic E-state index is 0.0589. The monoisotopic (exact) mass is 315 g/mol. The smallest absolute Gasteiger partial charge is 0.238 e. The molecule has 0 aliphatic rings. The number of anilines is 2. The van der Waals surface area contributed by atoms with E-state index in [1.54, 1.807) is 24.4 Å². The van der Waals surface area contributed by atoms with E-state index in [1.165, 1.54) is 12.1 Å². The van der Waals surface area contributed by atoms with Gasteiger partial charge in [-0.05, 0) is 43.3 Å². The Morgan fingerprint density at radius 2 is 1.82 bits per heavy atom. The Labute approximate surface area is 127 Å². The predicted octanol–water partition coefficient (Wildman–Crippen LogP) is 1.72. The molecule has 1 aromatic carbocycles. The zero-order valence-corrected chi connectivity index (χ0v) is 12.5. The zero-order chi connectivity index (χ0) is 15.7. The second kappa shape index (κ2) is 5.32. The van der Waals surface area contributed by atoms with Crippen LogP contribution in [0.4, 0.5) is 11.5 Å². The molecule has 22 heavy (non-hydrogen) atoms. The van der Waals surface area contributed by atoms with Gasteiger partial charge in [0.25, 0.3) is 0 Å². The summed E-state index contributed by atoms with van der Waals surface area (Å²) >= 11 is 0. The lowest BCUT2D eigenvalue weighted by molar-refractivity contribution is 0.598. The van der Waals surface area contributed by atoms with Crippen LogP contribution >= 0.6 is 0 Å². The number of nitrogens with one attached hydrogen (secondary N) is 1. The number of aryl methyl sites for hydroxylation is 1. The first kappa shape index (κ1) is 14.4. The Morgan fingerprint density at radius 3 is 2.50 bits per heavy atom. The van der Waals surface area contributed by atoms with Gasteiger partial charge >= 0.3 is 0 Å². The summed E-state index contributed by atoms with van der Waals surface area (Å²) in [6, 6.07) is 9.72. The highest BCUT2D eigenvalue weighted by Crippen LogP contribution is 2.20. The molecule has 2 aromatic heterocycles. The highest BCUT2D eigenvalue weighted by Gasteiger charge is 2.09. The van der Waals surface area contributed by atoms with Crippen molar-refractivity contribution in [3.63, 3.8) is 0 Å². The SMILES string of the molecule is Cc1nc2ncccc2nc1Nc1ccc(S(N)(=O)=O)cc1. The van der Waals surface area contributed by atoms with Crippen molar-refractivity contribution in [1.82, 2.24) is 15.0 Å². The van der Waals surface area contributed by atoms with E-state index in [-0.39, 0.29) is 4.90 Å². The third kappa shape index (κ3) is 2.87. The number of aromatic nitrogens is 3.